The van der Waals surface area contributed by atoms with Gasteiger partial charge in [-0.25, -0.2) is 0 Å². The molecule has 1 aliphatic carbocycles. The molecular weight excluding hydrogens is 456 g/mol. The smallest absolute Gasteiger partial charge is 0.235 e. The largest absolute Gasteiger partial charge is 0.412 e. The van der Waals surface area contributed by atoms with Crippen molar-refractivity contribution in [3.63, 3.8) is 0 Å². The summed E-state index contributed by atoms with van der Waals surface area (Å²) >= 11 is 1.60. The number of nitrogens with zero attached hydrogens (tertiary/aromatic N) is 3. The average Bonchev–Trinajstić information content (AvgIpc) is 3.52. The summed E-state index contributed by atoms with van der Waals surface area (Å²) < 4.78 is 6.00. The van der Waals surface area contributed by atoms with Crippen molar-refractivity contribution in [3.8, 4) is 0 Å². The van der Waals surface area contributed by atoms with E-state index in [2.05, 4.69) is 57.6 Å². The van der Waals surface area contributed by atoms with E-state index >= 15 is 0 Å². The predicted octanol–water partition coefficient (Wildman–Crippen LogP) is 4.02. The van der Waals surface area contributed by atoms with Crippen LogP contribution in [0.4, 0.5) is 11.5 Å². The number of fused-ring (bicyclic) bond motifs is 3. The van der Waals surface area contributed by atoms with Crippen molar-refractivity contribution in [2.24, 2.45) is 0 Å². The first kappa shape index (κ1) is 24.0. The minimum atomic E-state index is -0.243. The van der Waals surface area contributed by atoms with E-state index in [1.54, 1.807) is 11.5 Å². The lowest BCUT2D eigenvalue weighted by atomic mass is 9.79. The zero-order valence-corrected chi connectivity index (χ0v) is 20.3. The van der Waals surface area contributed by atoms with E-state index in [0.29, 0.717) is 0 Å². The second-order valence-corrected chi connectivity index (χ2v) is 10.0. The van der Waals surface area contributed by atoms with E-state index in [0.717, 1.165) is 76.3 Å². The lowest BCUT2D eigenvalue weighted by molar-refractivity contribution is -0.120. The van der Waals surface area contributed by atoms with Gasteiger partial charge in [-0.2, -0.15) is 4.37 Å². The minimum Gasteiger partial charge on any atom is -0.412 e. The first-order chi connectivity index (χ1) is 15.2. The van der Waals surface area contributed by atoms with Crippen molar-refractivity contribution in [1.29, 1.82) is 0 Å². The Bertz CT molecular complexity index is 1140. The minimum absolute atomic E-state index is 0. The maximum atomic E-state index is 12.7. The maximum absolute atomic E-state index is 12.7. The summed E-state index contributed by atoms with van der Waals surface area (Å²) in [6, 6.07) is 15.2. The first-order valence-electron chi connectivity index (χ1n) is 11.5. The Balaban J connectivity index is 0.00000130. The van der Waals surface area contributed by atoms with Crippen LogP contribution in [0, 0.1) is 0 Å². The van der Waals surface area contributed by atoms with Gasteiger partial charge >= 0.3 is 0 Å². The number of halogens is 1. The van der Waals surface area contributed by atoms with Crippen LogP contribution in [-0.4, -0.2) is 53.4 Å². The zero-order chi connectivity index (χ0) is 20.8. The van der Waals surface area contributed by atoms with Gasteiger partial charge in [0.25, 0.3) is 0 Å². The normalized spacial score (nSPS) is 19.3. The number of amides is 1. The summed E-state index contributed by atoms with van der Waals surface area (Å²) in [4.78, 5) is 17.7. The molecular formula is C25H31ClN4O2S. The number of hydrogen-bond donors (Lipinski definition) is 1. The molecule has 0 atom stereocenters. The molecule has 1 saturated carbocycles. The maximum Gasteiger partial charge on any atom is 0.235 e. The number of aromatic nitrogens is 1. The van der Waals surface area contributed by atoms with Crippen LogP contribution < -0.4 is 10.2 Å². The van der Waals surface area contributed by atoms with Gasteiger partial charge in [-0.1, -0.05) is 37.1 Å². The van der Waals surface area contributed by atoms with Crippen LogP contribution in [-0.2, 0) is 16.6 Å². The van der Waals surface area contributed by atoms with Gasteiger partial charge in [0.15, 0.2) is 0 Å². The molecule has 2 fully saturated rings. The van der Waals surface area contributed by atoms with Crippen molar-refractivity contribution < 1.29 is 10.3 Å². The summed E-state index contributed by atoms with van der Waals surface area (Å²) in [5, 5.41) is 4.41. The van der Waals surface area contributed by atoms with Gasteiger partial charge in [0, 0.05) is 43.8 Å². The molecule has 2 aromatic carbocycles. The van der Waals surface area contributed by atoms with Gasteiger partial charge < -0.3 is 15.7 Å². The van der Waals surface area contributed by atoms with Gasteiger partial charge in [-0.15, -0.1) is 12.4 Å². The van der Waals surface area contributed by atoms with E-state index in [-0.39, 0.29) is 29.2 Å². The highest BCUT2D eigenvalue weighted by Crippen LogP contribution is 2.49. The van der Waals surface area contributed by atoms with Gasteiger partial charge in [-0.3, -0.25) is 9.69 Å². The molecule has 2 aliphatic heterocycles. The molecule has 6 rings (SSSR count). The molecule has 0 bridgehead atoms. The van der Waals surface area contributed by atoms with E-state index in [9.17, 15) is 4.79 Å². The number of nitrogens with one attached hydrogen (secondary N) is 1. The van der Waals surface area contributed by atoms with Gasteiger partial charge in [-0.05, 0) is 60.1 Å². The topological polar surface area (TPSA) is 80.0 Å². The van der Waals surface area contributed by atoms with Gasteiger partial charge in [0.2, 0.25) is 5.91 Å². The number of carbonyl (C=O) groups is 1. The number of piperazine rings is 1. The molecule has 33 heavy (non-hydrogen) atoms. The highest BCUT2D eigenvalue weighted by atomic mass is 35.5. The lowest BCUT2D eigenvalue weighted by Gasteiger charge is -2.35. The fraction of sp³-hybridized carbons (Fsp3) is 0.440. The van der Waals surface area contributed by atoms with E-state index in [1.807, 2.05) is 0 Å². The van der Waals surface area contributed by atoms with Gasteiger partial charge in [0.05, 0.1) is 10.1 Å². The van der Waals surface area contributed by atoms with Crippen molar-refractivity contribution in [3.05, 3.63) is 53.6 Å². The molecule has 6 nitrogen and oxygen atoms in total. The second kappa shape index (κ2) is 9.58. The van der Waals surface area contributed by atoms with E-state index in [4.69, 9.17) is 4.37 Å². The van der Waals surface area contributed by atoms with Crippen LogP contribution in [0.1, 0.15) is 36.8 Å². The molecule has 1 spiro atoms. The Hall–Kier alpha value is -2.19. The Kier molecular flexibility index (Phi) is 6.96. The summed E-state index contributed by atoms with van der Waals surface area (Å²) in [6.07, 6.45) is 5.37. The van der Waals surface area contributed by atoms with E-state index in [1.165, 1.54) is 21.2 Å². The molecule has 0 unspecified atom stereocenters. The Morgan fingerprint density at radius 1 is 1.03 bits per heavy atom. The highest BCUT2D eigenvalue weighted by Gasteiger charge is 2.48. The number of rotatable bonds is 4. The average molecular weight is 487 g/mol. The molecule has 3 aliphatic rings. The molecule has 0 radical (unpaired) electrons. The second-order valence-electron chi connectivity index (χ2n) is 9.20. The molecule has 1 amide bonds. The monoisotopic (exact) mass is 486 g/mol. The Morgan fingerprint density at radius 2 is 1.79 bits per heavy atom. The molecule has 176 valence electrons. The molecule has 3 heterocycles. The van der Waals surface area contributed by atoms with Crippen LogP contribution in [0.3, 0.4) is 0 Å². The zero-order valence-electron chi connectivity index (χ0n) is 18.7. The Labute approximate surface area is 204 Å². The highest BCUT2D eigenvalue weighted by molar-refractivity contribution is 7.13. The lowest BCUT2D eigenvalue weighted by Crippen LogP contribution is -2.47. The number of anilines is 2. The molecule has 8 heteroatoms. The number of carbonyl (C=O) groups excluding carboxylic acids is 1. The number of hydrogen-bond acceptors (Lipinski definition) is 5. The standard InChI is InChI=1S/C25H28N4OS.ClH.H2O/c30-24-25(10-3-4-11-25)20-17-18(7-8-21(20)26-24)9-12-28-13-15-29(16-14-28)23-19-5-1-2-6-22(19)31-27-23;;/h1-2,5-8,17H,3-4,9-16H2,(H,26,30);1H;1H2. The quantitative estimate of drug-likeness (QED) is 0.604. The van der Waals surface area contributed by atoms with Gasteiger partial charge in [0.1, 0.15) is 5.82 Å². The van der Waals surface area contributed by atoms with Crippen LogP contribution in [0.15, 0.2) is 42.5 Å². The summed E-state index contributed by atoms with van der Waals surface area (Å²) in [7, 11) is 0. The van der Waals surface area contributed by atoms with Crippen molar-refractivity contribution >= 4 is 51.4 Å². The van der Waals surface area contributed by atoms with Crippen molar-refractivity contribution in [2.75, 3.05) is 42.9 Å². The third-order valence-corrected chi connectivity index (χ3v) is 8.30. The summed E-state index contributed by atoms with van der Waals surface area (Å²) in [6.45, 7) is 5.26. The van der Waals surface area contributed by atoms with Crippen LogP contribution in [0.2, 0.25) is 0 Å². The Morgan fingerprint density at radius 3 is 2.58 bits per heavy atom. The third-order valence-electron chi connectivity index (χ3n) is 7.49. The summed E-state index contributed by atoms with van der Waals surface area (Å²) in [5.41, 5.74) is 3.41. The third kappa shape index (κ3) is 4.12. The molecule has 1 aromatic heterocycles. The summed E-state index contributed by atoms with van der Waals surface area (Å²) in [5.74, 6) is 1.38. The van der Waals surface area contributed by atoms with Crippen LogP contribution in [0.5, 0.6) is 0 Å². The first-order valence-corrected chi connectivity index (χ1v) is 12.3. The molecule has 3 aromatic rings. The van der Waals surface area contributed by atoms with Crippen molar-refractivity contribution in [2.45, 2.75) is 37.5 Å². The number of benzene rings is 2. The fourth-order valence-electron chi connectivity index (χ4n) is 5.66. The SMILES string of the molecule is Cl.O.O=C1Nc2ccc(CCN3CCN(c4nsc5ccccc45)CC3)cc2C12CCCC2. The molecule has 3 N–H and O–H groups in total. The van der Waals surface area contributed by atoms with Crippen LogP contribution in [0.25, 0.3) is 10.1 Å². The van der Waals surface area contributed by atoms with Crippen molar-refractivity contribution in [1.82, 2.24) is 9.27 Å². The van der Waals surface area contributed by atoms with E-state index < -0.39 is 0 Å². The predicted molar refractivity (Wildman–Crippen MR) is 138 cm³/mol. The fourth-order valence-corrected chi connectivity index (χ4v) is 6.46. The van der Waals surface area contributed by atoms with Crippen LogP contribution >= 0.6 is 23.9 Å². The molecule has 1 saturated heterocycles.